The first kappa shape index (κ1) is 13.5. The van der Waals surface area contributed by atoms with Gasteiger partial charge in [-0.2, -0.15) is 0 Å². The lowest BCUT2D eigenvalue weighted by atomic mass is 10.0. The van der Waals surface area contributed by atoms with Crippen molar-refractivity contribution in [3.8, 4) is 0 Å². The number of aliphatic carboxylic acids is 1. The van der Waals surface area contributed by atoms with Crippen molar-refractivity contribution in [2.45, 2.75) is 39.2 Å². The molecule has 1 aliphatic rings. The number of hydrogen-bond acceptors (Lipinski definition) is 3. The van der Waals surface area contributed by atoms with Crippen LogP contribution in [0.2, 0.25) is 0 Å². The molecule has 1 rings (SSSR count). The zero-order valence-corrected chi connectivity index (χ0v) is 10.4. The molecule has 0 spiro atoms. The van der Waals surface area contributed by atoms with Gasteiger partial charge in [-0.3, -0.25) is 4.79 Å². The summed E-state index contributed by atoms with van der Waals surface area (Å²) < 4.78 is 0. The van der Waals surface area contributed by atoms with Crippen LogP contribution in [0.5, 0.6) is 0 Å². The second kappa shape index (κ2) is 6.86. The highest BCUT2D eigenvalue weighted by Crippen LogP contribution is 2.16. The van der Waals surface area contributed by atoms with Gasteiger partial charge in [-0.25, -0.2) is 0 Å². The molecule has 4 heteroatoms. The molecule has 0 aromatic rings. The standard InChI is InChI=1S/C12H24N2O2/c1-3-13-11(12(15)16)9-14-7-4-5-10(2)6-8-14/h10-11,13H,3-9H2,1-2H3,(H,15,16). The van der Waals surface area contributed by atoms with Crippen LogP contribution in [0.1, 0.15) is 33.1 Å². The molecular weight excluding hydrogens is 204 g/mol. The maximum atomic E-state index is 11.0. The predicted octanol–water partition coefficient (Wildman–Crippen LogP) is 1.17. The zero-order chi connectivity index (χ0) is 12.0. The van der Waals surface area contributed by atoms with Crippen molar-refractivity contribution >= 4 is 5.97 Å². The molecule has 2 unspecified atom stereocenters. The first-order valence-electron chi connectivity index (χ1n) is 6.32. The monoisotopic (exact) mass is 228 g/mol. The SMILES string of the molecule is CCNC(CN1CCCC(C)CC1)C(=O)O. The van der Waals surface area contributed by atoms with Crippen molar-refractivity contribution in [1.29, 1.82) is 0 Å². The van der Waals surface area contributed by atoms with E-state index in [1.54, 1.807) is 0 Å². The summed E-state index contributed by atoms with van der Waals surface area (Å²) in [7, 11) is 0. The highest BCUT2D eigenvalue weighted by atomic mass is 16.4. The van der Waals surface area contributed by atoms with Gasteiger partial charge in [0.25, 0.3) is 0 Å². The minimum Gasteiger partial charge on any atom is -0.480 e. The van der Waals surface area contributed by atoms with Crippen LogP contribution in [0.3, 0.4) is 0 Å². The van der Waals surface area contributed by atoms with E-state index in [-0.39, 0.29) is 0 Å². The molecular formula is C12H24N2O2. The van der Waals surface area contributed by atoms with Crippen molar-refractivity contribution in [3.63, 3.8) is 0 Å². The summed E-state index contributed by atoms with van der Waals surface area (Å²) in [6.45, 7) is 7.65. The number of likely N-dealkylation sites (N-methyl/N-ethyl adjacent to an activating group) is 1. The van der Waals surface area contributed by atoms with Crippen LogP contribution in [0.25, 0.3) is 0 Å². The third-order valence-electron chi connectivity index (χ3n) is 3.30. The normalized spacial score (nSPS) is 25.0. The molecule has 2 atom stereocenters. The maximum Gasteiger partial charge on any atom is 0.322 e. The van der Waals surface area contributed by atoms with E-state index in [0.29, 0.717) is 13.1 Å². The Morgan fingerprint density at radius 2 is 2.25 bits per heavy atom. The van der Waals surface area contributed by atoms with Crippen LogP contribution >= 0.6 is 0 Å². The molecule has 0 aromatic carbocycles. The van der Waals surface area contributed by atoms with Gasteiger partial charge < -0.3 is 15.3 Å². The summed E-state index contributed by atoms with van der Waals surface area (Å²) in [5.41, 5.74) is 0. The molecule has 1 fully saturated rings. The van der Waals surface area contributed by atoms with E-state index in [9.17, 15) is 4.79 Å². The van der Waals surface area contributed by atoms with E-state index in [1.165, 1.54) is 19.3 Å². The van der Waals surface area contributed by atoms with Gasteiger partial charge in [0.1, 0.15) is 6.04 Å². The van der Waals surface area contributed by atoms with Crippen LogP contribution in [0.15, 0.2) is 0 Å². The fourth-order valence-corrected chi connectivity index (χ4v) is 2.24. The molecule has 1 saturated heterocycles. The summed E-state index contributed by atoms with van der Waals surface area (Å²) >= 11 is 0. The minimum absolute atomic E-state index is 0.418. The Morgan fingerprint density at radius 3 is 2.88 bits per heavy atom. The lowest BCUT2D eigenvalue weighted by Crippen LogP contribution is -2.46. The van der Waals surface area contributed by atoms with Gasteiger partial charge in [0, 0.05) is 6.54 Å². The van der Waals surface area contributed by atoms with E-state index < -0.39 is 12.0 Å². The molecule has 2 N–H and O–H groups in total. The molecule has 1 heterocycles. The Kier molecular flexibility index (Phi) is 5.77. The van der Waals surface area contributed by atoms with E-state index in [2.05, 4.69) is 17.1 Å². The van der Waals surface area contributed by atoms with E-state index in [4.69, 9.17) is 5.11 Å². The topological polar surface area (TPSA) is 52.6 Å². The van der Waals surface area contributed by atoms with Gasteiger partial charge in [0.05, 0.1) is 0 Å². The molecule has 0 saturated carbocycles. The summed E-state index contributed by atoms with van der Waals surface area (Å²) in [6, 6.07) is -0.418. The second-order valence-corrected chi connectivity index (χ2v) is 4.79. The Bertz CT molecular complexity index is 221. The van der Waals surface area contributed by atoms with Crippen molar-refractivity contribution in [1.82, 2.24) is 10.2 Å². The van der Waals surface area contributed by atoms with E-state index in [1.807, 2.05) is 6.92 Å². The Labute approximate surface area is 98.0 Å². The van der Waals surface area contributed by atoms with Crippen molar-refractivity contribution < 1.29 is 9.90 Å². The Hall–Kier alpha value is -0.610. The van der Waals surface area contributed by atoms with Crippen molar-refractivity contribution in [3.05, 3.63) is 0 Å². The number of carboxylic acids is 1. The van der Waals surface area contributed by atoms with Crippen molar-refractivity contribution in [2.24, 2.45) is 5.92 Å². The number of likely N-dealkylation sites (tertiary alicyclic amines) is 1. The van der Waals surface area contributed by atoms with Gasteiger partial charge in [0.2, 0.25) is 0 Å². The average Bonchev–Trinajstić information content (AvgIpc) is 2.43. The highest BCUT2D eigenvalue weighted by molar-refractivity contribution is 5.73. The Morgan fingerprint density at radius 1 is 1.50 bits per heavy atom. The van der Waals surface area contributed by atoms with Crippen molar-refractivity contribution in [2.75, 3.05) is 26.2 Å². The molecule has 0 aliphatic carbocycles. The quantitative estimate of drug-likeness (QED) is 0.741. The summed E-state index contributed by atoms with van der Waals surface area (Å²) in [5.74, 6) is 0.0477. The maximum absolute atomic E-state index is 11.0. The Balaban J connectivity index is 2.40. The van der Waals surface area contributed by atoms with Crippen LogP contribution in [-0.2, 0) is 4.79 Å². The third-order valence-corrected chi connectivity index (χ3v) is 3.30. The number of hydrogen-bond donors (Lipinski definition) is 2. The fraction of sp³-hybridized carbons (Fsp3) is 0.917. The van der Waals surface area contributed by atoms with Gasteiger partial charge in [0.15, 0.2) is 0 Å². The number of nitrogens with one attached hydrogen (secondary N) is 1. The molecule has 0 bridgehead atoms. The second-order valence-electron chi connectivity index (χ2n) is 4.79. The average molecular weight is 228 g/mol. The van der Waals surface area contributed by atoms with E-state index >= 15 is 0 Å². The number of carbonyl (C=O) groups is 1. The molecule has 0 amide bonds. The first-order valence-corrected chi connectivity index (χ1v) is 6.32. The lowest BCUT2D eigenvalue weighted by Gasteiger charge is -2.24. The predicted molar refractivity (Wildman–Crippen MR) is 64.6 cm³/mol. The molecule has 94 valence electrons. The van der Waals surface area contributed by atoms with Crippen LogP contribution in [0, 0.1) is 5.92 Å². The van der Waals surface area contributed by atoms with Gasteiger partial charge in [-0.15, -0.1) is 0 Å². The van der Waals surface area contributed by atoms with Gasteiger partial charge in [-0.1, -0.05) is 13.8 Å². The number of nitrogens with zero attached hydrogens (tertiary/aromatic N) is 1. The minimum atomic E-state index is -0.737. The fourth-order valence-electron chi connectivity index (χ4n) is 2.24. The number of rotatable bonds is 5. The summed E-state index contributed by atoms with van der Waals surface area (Å²) in [4.78, 5) is 13.3. The zero-order valence-electron chi connectivity index (χ0n) is 10.4. The molecule has 0 radical (unpaired) electrons. The van der Waals surface area contributed by atoms with Gasteiger partial charge in [-0.05, 0) is 44.8 Å². The van der Waals surface area contributed by atoms with E-state index in [0.717, 1.165) is 19.0 Å². The van der Waals surface area contributed by atoms with Crippen LogP contribution in [0.4, 0.5) is 0 Å². The smallest absolute Gasteiger partial charge is 0.322 e. The first-order chi connectivity index (χ1) is 7.63. The molecule has 16 heavy (non-hydrogen) atoms. The molecule has 1 aliphatic heterocycles. The summed E-state index contributed by atoms with van der Waals surface area (Å²) in [5, 5.41) is 12.1. The molecule has 4 nitrogen and oxygen atoms in total. The largest absolute Gasteiger partial charge is 0.480 e. The lowest BCUT2D eigenvalue weighted by molar-refractivity contribution is -0.140. The molecule has 0 aromatic heterocycles. The van der Waals surface area contributed by atoms with Crippen LogP contribution in [-0.4, -0.2) is 48.2 Å². The van der Waals surface area contributed by atoms with Crippen LogP contribution < -0.4 is 5.32 Å². The van der Waals surface area contributed by atoms with Gasteiger partial charge >= 0.3 is 5.97 Å². The number of carboxylic acid groups (broad SMARTS) is 1. The summed E-state index contributed by atoms with van der Waals surface area (Å²) in [6.07, 6.45) is 3.66. The third kappa shape index (κ3) is 4.49. The highest BCUT2D eigenvalue weighted by Gasteiger charge is 2.21.